The van der Waals surface area contributed by atoms with Crippen LogP contribution in [0.15, 0.2) is 66.9 Å². The van der Waals surface area contributed by atoms with E-state index in [1.54, 1.807) is 24.3 Å². The van der Waals surface area contributed by atoms with Crippen molar-refractivity contribution in [2.75, 3.05) is 26.2 Å². The monoisotopic (exact) mass is 609 g/mol. The topological polar surface area (TPSA) is 54.0 Å². The molecule has 2 aliphatic rings. The maximum atomic E-state index is 14.1. The molecular weight excluding hydrogens is 582 g/mol. The number of quaternary nitrogens is 1. The predicted octanol–water partition coefficient (Wildman–Crippen LogP) is 7.34. The molecule has 2 amide bonds. The summed E-state index contributed by atoms with van der Waals surface area (Å²) in [7, 11) is 0. The Balaban J connectivity index is 1.55. The lowest BCUT2D eigenvalue weighted by Gasteiger charge is -2.36. The van der Waals surface area contributed by atoms with Gasteiger partial charge in [0.05, 0.1) is 16.5 Å². The molecule has 0 bridgehead atoms. The number of carbonyl (C=O) groups is 1. The average Bonchev–Trinajstić information content (AvgIpc) is 3.21. The zero-order valence-electron chi connectivity index (χ0n) is 22.3. The van der Waals surface area contributed by atoms with Gasteiger partial charge in [-0.2, -0.15) is 26.3 Å². The second kappa shape index (κ2) is 11.3. The second-order valence-electron chi connectivity index (χ2n) is 10.7. The van der Waals surface area contributed by atoms with Gasteiger partial charge in [-0.3, -0.25) is 0 Å². The fourth-order valence-corrected chi connectivity index (χ4v) is 6.19. The molecule has 5 rings (SSSR count). The second-order valence-corrected chi connectivity index (χ2v) is 11.1. The smallest absolute Gasteiger partial charge is 0.317 e. The number of benzene rings is 2. The molecular formula is C30H28ClF6N4O+. The minimum Gasteiger partial charge on any atom is -0.317 e. The number of nitrogens with one attached hydrogen (secondary N) is 2. The highest BCUT2D eigenvalue weighted by Gasteiger charge is 2.57. The number of alkyl halides is 6. The molecule has 5 nitrogen and oxygen atoms in total. The highest BCUT2D eigenvalue weighted by atomic mass is 35.5. The molecule has 1 atom stereocenters. The third-order valence-electron chi connectivity index (χ3n) is 8.08. The van der Waals surface area contributed by atoms with Gasteiger partial charge in [-0.25, -0.2) is 14.3 Å². The number of pyridine rings is 1. The van der Waals surface area contributed by atoms with Crippen molar-refractivity contribution in [3.63, 3.8) is 0 Å². The van der Waals surface area contributed by atoms with Crippen LogP contribution < -0.4 is 15.1 Å². The largest absolute Gasteiger partial charge is 0.422 e. The molecule has 1 fully saturated rings. The van der Waals surface area contributed by atoms with Gasteiger partial charge in [-0.05, 0) is 73.5 Å². The highest BCUT2D eigenvalue weighted by molar-refractivity contribution is 6.29. The van der Waals surface area contributed by atoms with Gasteiger partial charge < -0.3 is 10.6 Å². The minimum atomic E-state index is -4.62. The Morgan fingerprint density at radius 1 is 0.976 bits per heavy atom. The van der Waals surface area contributed by atoms with Gasteiger partial charge >= 0.3 is 18.4 Å². The van der Waals surface area contributed by atoms with E-state index in [4.69, 9.17) is 11.6 Å². The standard InChI is InChI=1S/C30H27ClF6N4O/c31-26-16-21(9-12-39-26)18-40-27(42)41(15-1-2-20-3-5-22(6-4-20)29(32,33)34)19-28(10-13-38-14-11-28)24-8-7-23(17-25(24)41)30(35,36)37/h1-9,12,16-17,38H,10-11,13-15,18-19H2/p+1/b2-1+. The van der Waals surface area contributed by atoms with Crippen molar-refractivity contribution in [1.82, 2.24) is 20.1 Å². The summed E-state index contributed by atoms with van der Waals surface area (Å²) >= 11 is 5.99. The van der Waals surface area contributed by atoms with Crippen molar-refractivity contribution in [2.45, 2.75) is 37.2 Å². The third kappa shape index (κ3) is 6.04. The van der Waals surface area contributed by atoms with Crippen molar-refractivity contribution in [2.24, 2.45) is 0 Å². The summed E-state index contributed by atoms with van der Waals surface area (Å²) in [4.78, 5) is 18.1. The minimum absolute atomic E-state index is 0.00650. The van der Waals surface area contributed by atoms with Gasteiger partial charge in [0.25, 0.3) is 0 Å². The number of urea groups is 1. The number of amides is 2. The SMILES string of the molecule is O=C(NCc1ccnc(Cl)c1)[N+]1(C/C=C/c2ccc(C(F)(F)F)cc2)CC2(CCNCC2)c2ccc(C(F)(F)F)cc21. The summed E-state index contributed by atoms with van der Waals surface area (Å²) in [5, 5.41) is 6.42. The van der Waals surface area contributed by atoms with Crippen LogP contribution in [0.5, 0.6) is 0 Å². The average molecular weight is 610 g/mol. The van der Waals surface area contributed by atoms with Crippen LogP contribution in [0.2, 0.25) is 5.15 Å². The molecule has 3 heterocycles. The summed E-state index contributed by atoms with van der Waals surface area (Å²) in [5.41, 5.74) is -0.0506. The Morgan fingerprint density at radius 3 is 2.29 bits per heavy atom. The molecule has 1 spiro atoms. The van der Waals surface area contributed by atoms with E-state index in [1.807, 2.05) is 0 Å². The van der Waals surface area contributed by atoms with Gasteiger partial charge in [0.1, 0.15) is 23.9 Å². The van der Waals surface area contributed by atoms with E-state index >= 15 is 0 Å². The molecule has 2 N–H and O–H groups in total. The number of halogens is 7. The number of aromatic nitrogens is 1. The Hall–Kier alpha value is -3.41. The Bertz CT molecular complexity index is 1480. The first-order valence-electron chi connectivity index (χ1n) is 13.4. The zero-order chi connectivity index (χ0) is 30.2. The predicted molar refractivity (Wildman–Crippen MR) is 149 cm³/mol. The van der Waals surface area contributed by atoms with Crippen LogP contribution in [-0.4, -0.2) is 37.2 Å². The van der Waals surface area contributed by atoms with E-state index in [2.05, 4.69) is 15.6 Å². The summed E-state index contributed by atoms with van der Waals surface area (Å²) in [6, 6.07) is 11.0. The van der Waals surface area contributed by atoms with E-state index in [-0.39, 0.29) is 30.5 Å². The molecule has 0 radical (unpaired) electrons. The molecule has 0 saturated carbocycles. The van der Waals surface area contributed by atoms with Gasteiger partial charge in [-0.15, -0.1) is 0 Å². The van der Waals surface area contributed by atoms with Crippen LogP contribution in [-0.2, 0) is 24.3 Å². The number of piperidine rings is 1. The van der Waals surface area contributed by atoms with Crippen LogP contribution in [0.25, 0.3) is 6.08 Å². The highest BCUT2D eigenvalue weighted by Crippen LogP contribution is 2.51. The number of rotatable bonds is 5. The normalized spacial score (nSPS) is 20.2. The van der Waals surface area contributed by atoms with Crippen LogP contribution in [0, 0.1) is 0 Å². The van der Waals surface area contributed by atoms with E-state index < -0.39 is 39.4 Å². The fourth-order valence-electron chi connectivity index (χ4n) is 5.99. The number of fused-ring (bicyclic) bond motifs is 2. The Labute approximate surface area is 243 Å². The van der Waals surface area contributed by atoms with Crippen molar-refractivity contribution in [3.8, 4) is 0 Å². The summed E-state index contributed by atoms with van der Waals surface area (Å²) in [6.07, 6.45) is -3.11. The van der Waals surface area contributed by atoms with Crippen molar-refractivity contribution < 1.29 is 31.1 Å². The Kier molecular flexibility index (Phi) is 8.12. The first-order valence-corrected chi connectivity index (χ1v) is 13.7. The lowest BCUT2D eigenvalue weighted by molar-refractivity contribution is -0.138. The first-order chi connectivity index (χ1) is 19.8. The number of hydrogen-bond donors (Lipinski definition) is 2. The van der Waals surface area contributed by atoms with Crippen LogP contribution in [0.3, 0.4) is 0 Å². The maximum Gasteiger partial charge on any atom is 0.422 e. The molecule has 3 aromatic rings. The fraction of sp³-hybridized carbons (Fsp3) is 0.333. The van der Waals surface area contributed by atoms with Gasteiger partial charge in [0, 0.05) is 24.4 Å². The summed E-state index contributed by atoms with van der Waals surface area (Å²) < 4.78 is 80.3. The van der Waals surface area contributed by atoms with Crippen LogP contribution in [0.1, 0.15) is 40.7 Å². The van der Waals surface area contributed by atoms with E-state index in [1.165, 1.54) is 24.4 Å². The van der Waals surface area contributed by atoms with Gasteiger partial charge in [-0.1, -0.05) is 35.9 Å². The summed E-state index contributed by atoms with van der Waals surface area (Å²) in [5.74, 6) is 0. The van der Waals surface area contributed by atoms with Crippen molar-refractivity contribution in [3.05, 3.63) is 99.8 Å². The van der Waals surface area contributed by atoms with E-state index in [0.29, 0.717) is 42.6 Å². The summed E-state index contributed by atoms with van der Waals surface area (Å²) in [6.45, 7) is 1.61. The molecule has 42 heavy (non-hydrogen) atoms. The molecule has 2 aliphatic heterocycles. The number of nitrogens with zero attached hydrogens (tertiary/aromatic N) is 2. The van der Waals surface area contributed by atoms with Crippen molar-refractivity contribution >= 4 is 29.4 Å². The molecule has 1 saturated heterocycles. The zero-order valence-corrected chi connectivity index (χ0v) is 23.1. The molecule has 0 aliphatic carbocycles. The van der Waals surface area contributed by atoms with E-state index in [9.17, 15) is 31.1 Å². The molecule has 222 valence electrons. The third-order valence-corrected chi connectivity index (χ3v) is 8.29. The quantitative estimate of drug-likeness (QED) is 0.181. The van der Waals surface area contributed by atoms with Gasteiger partial charge in [0.2, 0.25) is 0 Å². The lowest BCUT2D eigenvalue weighted by atomic mass is 9.74. The lowest BCUT2D eigenvalue weighted by Crippen LogP contribution is -2.60. The van der Waals surface area contributed by atoms with Crippen molar-refractivity contribution in [1.29, 1.82) is 0 Å². The Morgan fingerprint density at radius 2 is 1.64 bits per heavy atom. The maximum absolute atomic E-state index is 14.1. The molecule has 1 aromatic heterocycles. The molecule has 1 unspecified atom stereocenters. The van der Waals surface area contributed by atoms with Crippen LogP contribution in [0.4, 0.5) is 36.8 Å². The number of carbonyl (C=O) groups excluding carboxylic acids is 1. The van der Waals surface area contributed by atoms with E-state index in [0.717, 1.165) is 24.3 Å². The molecule has 2 aromatic carbocycles. The van der Waals surface area contributed by atoms with Gasteiger partial charge in [0.15, 0.2) is 0 Å². The van der Waals surface area contributed by atoms with Crippen LogP contribution >= 0.6 is 11.6 Å². The first kappa shape index (κ1) is 30.1. The molecule has 12 heteroatoms. The number of hydrogen-bond acceptors (Lipinski definition) is 3.